The molecular weight excluding hydrogens is 254 g/mol. The SMILES string of the molecule is Cc1ccc2c(c1)c(=O)n(C1CCNCC1)c(=O)n2C. The first kappa shape index (κ1) is 13.1. The maximum absolute atomic E-state index is 12.7. The number of benzene rings is 1. The van der Waals surface area contributed by atoms with Crippen LogP contribution in [0.2, 0.25) is 0 Å². The average molecular weight is 273 g/mol. The Morgan fingerprint density at radius 3 is 2.60 bits per heavy atom. The third kappa shape index (κ3) is 1.98. The Balaban J connectivity index is 2.32. The lowest BCUT2D eigenvalue weighted by atomic mass is 10.1. The summed E-state index contributed by atoms with van der Waals surface area (Å²) >= 11 is 0. The second-order valence-electron chi connectivity index (χ2n) is 5.52. The lowest BCUT2D eigenvalue weighted by molar-refractivity contribution is 0.347. The van der Waals surface area contributed by atoms with Gasteiger partial charge in [0.1, 0.15) is 0 Å². The molecule has 5 heteroatoms. The topological polar surface area (TPSA) is 56.0 Å². The molecule has 0 radical (unpaired) electrons. The molecule has 106 valence electrons. The number of piperidine rings is 1. The molecule has 0 amide bonds. The van der Waals surface area contributed by atoms with Crippen molar-refractivity contribution in [3.8, 4) is 0 Å². The van der Waals surface area contributed by atoms with Gasteiger partial charge in [0.15, 0.2) is 0 Å². The smallest absolute Gasteiger partial charge is 0.317 e. The number of fused-ring (bicyclic) bond motifs is 1. The van der Waals surface area contributed by atoms with E-state index in [1.54, 1.807) is 11.6 Å². The van der Waals surface area contributed by atoms with Crippen molar-refractivity contribution in [1.82, 2.24) is 14.5 Å². The largest absolute Gasteiger partial charge is 0.331 e. The van der Waals surface area contributed by atoms with Gasteiger partial charge in [0.25, 0.3) is 5.56 Å². The van der Waals surface area contributed by atoms with Crippen molar-refractivity contribution in [3.63, 3.8) is 0 Å². The molecular formula is C15H19N3O2. The molecule has 1 N–H and O–H groups in total. The first-order valence-corrected chi connectivity index (χ1v) is 7.02. The van der Waals surface area contributed by atoms with Crippen molar-refractivity contribution in [1.29, 1.82) is 0 Å². The second-order valence-corrected chi connectivity index (χ2v) is 5.52. The van der Waals surface area contributed by atoms with Gasteiger partial charge in [-0.05, 0) is 45.0 Å². The number of hydrogen-bond acceptors (Lipinski definition) is 3. The monoisotopic (exact) mass is 273 g/mol. The molecule has 0 saturated carbocycles. The van der Waals surface area contributed by atoms with Crippen molar-refractivity contribution in [3.05, 3.63) is 44.6 Å². The van der Waals surface area contributed by atoms with Crippen LogP contribution in [0.1, 0.15) is 24.4 Å². The van der Waals surface area contributed by atoms with E-state index >= 15 is 0 Å². The third-order valence-electron chi connectivity index (χ3n) is 4.13. The van der Waals surface area contributed by atoms with Crippen molar-refractivity contribution in [2.24, 2.45) is 7.05 Å². The molecule has 1 saturated heterocycles. The summed E-state index contributed by atoms with van der Waals surface area (Å²) in [6.07, 6.45) is 1.65. The standard InChI is InChI=1S/C15H19N3O2/c1-10-3-4-13-12(9-10)14(19)18(15(20)17(13)2)11-5-7-16-8-6-11/h3-4,9,11,16H,5-8H2,1-2H3. The average Bonchev–Trinajstić information content (AvgIpc) is 2.46. The Kier molecular flexibility index (Phi) is 3.22. The minimum atomic E-state index is -0.210. The molecule has 0 unspecified atom stereocenters. The Bertz CT molecular complexity index is 767. The molecule has 20 heavy (non-hydrogen) atoms. The van der Waals surface area contributed by atoms with Crippen molar-refractivity contribution < 1.29 is 0 Å². The number of hydrogen-bond donors (Lipinski definition) is 1. The molecule has 1 aliphatic heterocycles. The van der Waals surface area contributed by atoms with E-state index in [2.05, 4.69) is 5.32 Å². The van der Waals surface area contributed by atoms with Crippen LogP contribution in [0.25, 0.3) is 10.9 Å². The molecule has 0 spiro atoms. The van der Waals surface area contributed by atoms with E-state index in [4.69, 9.17) is 0 Å². The second kappa shape index (κ2) is 4.90. The maximum Gasteiger partial charge on any atom is 0.331 e. The van der Waals surface area contributed by atoms with Gasteiger partial charge < -0.3 is 5.32 Å². The van der Waals surface area contributed by atoms with Crippen LogP contribution in [0.5, 0.6) is 0 Å². The van der Waals surface area contributed by atoms with Gasteiger partial charge >= 0.3 is 5.69 Å². The Labute approximate surface area is 116 Å². The molecule has 0 bridgehead atoms. The van der Waals surface area contributed by atoms with E-state index in [0.29, 0.717) is 10.9 Å². The van der Waals surface area contributed by atoms with Crippen LogP contribution in [-0.2, 0) is 7.05 Å². The lowest BCUT2D eigenvalue weighted by Gasteiger charge is -2.25. The fourth-order valence-electron chi connectivity index (χ4n) is 2.98. The fourth-order valence-corrected chi connectivity index (χ4v) is 2.98. The third-order valence-corrected chi connectivity index (χ3v) is 4.13. The van der Waals surface area contributed by atoms with Gasteiger partial charge in [0.05, 0.1) is 10.9 Å². The van der Waals surface area contributed by atoms with Gasteiger partial charge in [-0.2, -0.15) is 0 Å². The van der Waals surface area contributed by atoms with E-state index in [-0.39, 0.29) is 17.3 Å². The minimum Gasteiger partial charge on any atom is -0.317 e. The van der Waals surface area contributed by atoms with E-state index in [1.807, 2.05) is 25.1 Å². The summed E-state index contributed by atoms with van der Waals surface area (Å²) in [5.41, 5.74) is 1.37. The van der Waals surface area contributed by atoms with Crippen LogP contribution >= 0.6 is 0 Å². The summed E-state index contributed by atoms with van der Waals surface area (Å²) in [6, 6.07) is 5.65. The quantitative estimate of drug-likeness (QED) is 0.841. The molecule has 3 rings (SSSR count). The molecule has 0 aliphatic carbocycles. The summed E-state index contributed by atoms with van der Waals surface area (Å²) in [5.74, 6) is 0. The van der Waals surface area contributed by atoms with Crippen molar-refractivity contribution >= 4 is 10.9 Å². The number of nitrogens with zero attached hydrogens (tertiary/aromatic N) is 2. The zero-order valence-electron chi connectivity index (χ0n) is 11.8. The highest BCUT2D eigenvalue weighted by Gasteiger charge is 2.21. The van der Waals surface area contributed by atoms with Gasteiger partial charge in [-0.1, -0.05) is 11.6 Å². The molecule has 2 heterocycles. The summed E-state index contributed by atoms with van der Waals surface area (Å²) < 4.78 is 3.03. The maximum atomic E-state index is 12.7. The number of aryl methyl sites for hydroxylation is 2. The summed E-state index contributed by atoms with van der Waals surface area (Å²) in [4.78, 5) is 25.2. The van der Waals surface area contributed by atoms with Crippen LogP contribution in [0, 0.1) is 6.92 Å². The van der Waals surface area contributed by atoms with E-state index in [1.165, 1.54) is 4.57 Å². The van der Waals surface area contributed by atoms with Crippen LogP contribution < -0.4 is 16.6 Å². The van der Waals surface area contributed by atoms with Gasteiger partial charge in [-0.25, -0.2) is 4.79 Å². The molecule has 1 aliphatic rings. The highest BCUT2D eigenvalue weighted by atomic mass is 16.2. The lowest BCUT2D eigenvalue weighted by Crippen LogP contribution is -2.44. The summed E-state index contributed by atoms with van der Waals surface area (Å²) in [5, 5.41) is 3.89. The van der Waals surface area contributed by atoms with Gasteiger partial charge in [0, 0.05) is 13.1 Å². The normalized spacial score (nSPS) is 16.7. The predicted molar refractivity (Wildman–Crippen MR) is 79.3 cm³/mol. The zero-order valence-corrected chi connectivity index (χ0v) is 11.8. The van der Waals surface area contributed by atoms with Gasteiger partial charge in [-0.3, -0.25) is 13.9 Å². The molecule has 1 fully saturated rings. The predicted octanol–water partition coefficient (Wildman–Crippen LogP) is 0.933. The first-order valence-electron chi connectivity index (χ1n) is 7.02. The van der Waals surface area contributed by atoms with E-state index in [9.17, 15) is 9.59 Å². The fraction of sp³-hybridized carbons (Fsp3) is 0.467. The highest BCUT2D eigenvalue weighted by molar-refractivity contribution is 5.78. The van der Waals surface area contributed by atoms with Gasteiger partial charge in [-0.15, -0.1) is 0 Å². The molecule has 2 aromatic rings. The molecule has 5 nitrogen and oxygen atoms in total. The van der Waals surface area contributed by atoms with Gasteiger partial charge in [0.2, 0.25) is 0 Å². The van der Waals surface area contributed by atoms with Crippen molar-refractivity contribution in [2.75, 3.05) is 13.1 Å². The Morgan fingerprint density at radius 1 is 1.20 bits per heavy atom. The number of aromatic nitrogens is 2. The summed E-state index contributed by atoms with van der Waals surface area (Å²) in [7, 11) is 1.73. The van der Waals surface area contributed by atoms with Crippen molar-refractivity contribution in [2.45, 2.75) is 25.8 Å². The highest BCUT2D eigenvalue weighted by Crippen LogP contribution is 2.16. The Morgan fingerprint density at radius 2 is 1.90 bits per heavy atom. The molecule has 1 aromatic heterocycles. The van der Waals surface area contributed by atoms with Crippen LogP contribution in [0.4, 0.5) is 0 Å². The molecule has 1 aromatic carbocycles. The van der Waals surface area contributed by atoms with Crippen LogP contribution in [0.3, 0.4) is 0 Å². The van der Waals surface area contributed by atoms with Crippen LogP contribution in [-0.4, -0.2) is 22.2 Å². The van der Waals surface area contributed by atoms with Crippen LogP contribution in [0.15, 0.2) is 27.8 Å². The van der Waals surface area contributed by atoms with E-state index < -0.39 is 0 Å². The number of rotatable bonds is 1. The van der Waals surface area contributed by atoms with E-state index in [0.717, 1.165) is 31.5 Å². The molecule has 0 atom stereocenters. The summed E-state index contributed by atoms with van der Waals surface area (Å²) in [6.45, 7) is 3.66. The Hall–Kier alpha value is -1.88. The minimum absolute atomic E-state index is 0.00682. The first-order chi connectivity index (χ1) is 9.59. The number of nitrogens with one attached hydrogen (secondary N) is 1. The zero-order chi connectivity index (χ0) is 14.3.